The molecule has 0 saturated carbocycles. The maximum Gasteiger partial charge on any atom is 0.249 e. The third-order valence-corrected chi connectivity index (χ3v) is 2.81. The van der Waals surface area contributed by atoms with Crippen molar-refractivity contribution in [3.63, 3.8) is 0 Å². The number of nitrogens with two attached hydrogens (primary N) is 1. The fourth-order valence-electron chi connectivity index (χ4n) is 1.78. The van der Waals surface area contributed by atoms with Crippen molar-refractivity contribution >= 4 is 17.7 Å². The van der Waals surface area contributed by atoms with Crippen LogP contribution in [-0.4, -0.2) is 54.5 Å². The molecule has 3 amide bonds. The van der Waals surface area contributed by atoms with Crippen LogP contribution in [0.1, 0.15) is 20.3 Å². The zero-order valence-electron chi connectivity index (χ0n) is 10.6. The van der Waals surface area contributed by atoms with Gasteiger partial charge < -0.3 is 15.4 Å². The predicted molar refractivity (Wildman–Crippen MR) is 63.4 cm³/mol. The van der Waals surface area contributed by atoms with Gasteiger partial charge in [-0.25, -0.2) is 0 Å². The highest BCUT2D eigenvalue weighted by atomic mass is 16.5. The summed E-state index contributed by atoms with van der Waals surface area (Å²) in [5.41, 5.74) is 5.48. The summed E-state index contributed by atoms with van der Waals surface area (Å²) in [6, 6.07) is -0.643. The smallest absolute Gasteiger partial charge is 0.249 e. The third kappa shape index (κ3) is 3.51. The van der Waals surface area contributed by atoms with E-state index >= 15 is 0 Å². The van der Waals surface area contributed by atoms with Crippen molar-refractivity contribution in [1.29, 1.82) is 0 Å². The molecule has 1 heterocycles. The van der Waals surface area contributed by atoms with Crippen LogP contribution in [0.5, 0.6) is 0 Å². The van der Waals surface area contributed by atoms with E-state index in [-0.39, 0.29) is 31.5 Å². The van der Waals surface area contributed by atoms with Gasteiger partial charge in [0.2, 0.25) is 17.7 Å². The van der Waals surface area contributed by atoms with Crippen LogP contribution in [-0.2, 0) is 19.1 Å². The zero-order chi connectivity index (χ0) is 13.7. The second kappa shape index (κ2) is 6.46. The minimum Gasteiger partial charge on any atom is -0.377 e. The number of hydrogen-bond acceptors (Lipinski definition) is 5. The van der Waals surface area contributed by atoms with Crippen molar-refractivity contribution in [2.24, 2.45) is 5.73 Å². The van der Waals surface area contributed by atoms with Crippen molar-refractivity contribution < 1.29 is 19.1 Å². The predicted octanol–water partition coefficient (Wildman–Crippen LogP) is -1.39. The normalized spacial score (nSPS) is 21.7. The Labute approximate surface area is 106 Å². The standard InChI is InChI=1S/C11H19N3O4/c1-3-18-8(5-12)4-10(16)14-6-9(15)13-11(17)7(14)2/h7-8H,3-6,12H2,1-2H3,(H,13,15,17). The van der Waals surface area contributed by atoms with Crippen molar-refractivity contribution in [1.82, 2.24) is 10.2 Å². The Morgan fingerprint density at radius 2 is 2.28 bits per heavy atom. The van der Waals surface area contributed by atoms with Gasteiger partial charge in [-0.15, -0.1) is 0 Å². The molecule has 18 heavy (non-hydrogen) atoms. The van der Waals surface area contributed by atoms with E-state index in [4.69, 9.17) is 10.5 Å². The van der Waals surface area contributed by atoms with Crippen LogP contribution >= 0.6 is 0 Å². The second-order valence-electron chi connectivity index (χ2n) is 4.13. The first-order chi connectivity index (χ1) is 8.49. The molecule has 7 nitrogen and oxygen atoms in total. The first-order valence-corrected chi connectivity index (χ1v) is 5.94. The van der Waals surface area contributed by atoms with Crippen LogP contribution in [0, 0.1) is 0 Å². The molecule has 0 aliphatic carbocycles. The first-order valence-electron chi connectivity index (χ1n) is 5.94. The Hall–Kier alpha value is -1.47. The van der Waals surface area contributed by atoms with Crippen molar-refractivity contribution in [2.75, 3.05) is 19.7 Å². The largest absolute Gasteiger partial charge is 0.377 e. The maximum atomic E-state index is 12.0. The van der Waals surface area contributed by atoms with Crippen LogP contribution in [0.15, 0.2) is 0 Å². The monoisotopic (exact) mass is 257 g/mol. The highest BCUT2D eigenvalue weighted by Crippen LogP contribution is 2.09. The number of ether oxygens (including phenoxy) is 1. The lowest BCUT2D eigenvalue weighted by atomic mass is 10.1. The van der Waals surface area contributed by atoms with Crippen LogP contribution in [0.2, 0.25) is 0 Å². The molecule has 0 bridgehead atoms. The number of carbonyl (C=O) groups excluding carboxylic acids is 3. The van der Waals surface area contributed by atoms with E-state index in [1.54, 1.807) is 6.92 Å². The van der Waals surface area contributed by atoms with Gasteiger partial charge in [-0.3, -0.25) is 19.7 Å². The molecular formula is C11H19N3O4. The van der Waals surface area contributed by atoms with Gasteiger partial charge in [-0.05, 0) is 13.8 Å². The van der Waals surface area contributed by atoms with E-state index in [0.717, 1.165) is 0 Å². The lowest BCUT2D eigenvalue weighted by Crippen LogP contribution is -2.59. The molecule has 1 rings (SSSR count). The van der Waals surface area contributed by atoms with E-state index < -0.39 is 17.9 Å². The number of piperazine rings is 1. The van der Waals surface area contributed by atoms with Crippen molar-refractivity contribution in [2.45, 2.75) is 32.4 Å². The molecule has 102 valence electrons. The van der Waals surface area contributed by atoms with Crippen molar-refractivity contribution in [3.8, 4) is 0 Å². The molecular weight excluding hydrogens is 238 g/mol. The number of imide groups is 1. The van der Waals surface area contributed by atoms with Gasteiger partial charge in [0, 0.05) is 13.2 Å². The average molecular weight is 257 g/mol. The molecule has 1 aliphatic rings. The van der Waals surface area contributed by atoms with Gasteiger partial charge in [0.15, 0.2) is 0 Å². The fourth-order valence-corrected chi connectivity index (χ4v) is 1.78. The van der Waals surface area contributed by atoms with Crippen LogP contribution < -0.4 is 11.1 Å². The van der Waals surface area contributed by atoms with Gasteiger partial charge in [0.1, 0.15) is 12.6 Å². The summed E-state index contributed by atoms with van der Waals surface area (Å²) in [4.78, 5) is 35.9. The number of rotatable bonds is 5. The summed E-state index contributed by atoms with van der Waals surface area (Å²) < 4.78 is 5.28. The molecule has 0 radical (unpaired) electrons. The molecule has 1 aliphatic heterocycles. The fraction of sp³-hybridized carbons (Fsp3) is 0.727. The third-order valence-electron chi connectivity index (χ3n) is 2.81. The van der Waals surface area contributed by atoms with Gasteiger partial charge in [-0.1, -0.05) is 0 Å². The Balaban J connectivity index is 2.64. The molecule has 3 N–H and O–H groups in total. The molecule has 7 heteroatoms. The minimum atomic E-state index is -0.643. The van der Waals surface area contributed by atoms with Crippen LogP contribution in [0.3, 0.4) is 0 Å². The highest BCUT2D eigenvalue weighted by Gasteiger charge is 2.34. The molecule has 0 aromatic heterocycles. The Bertz CT molecular complexity index is 345. The van der Waals surface area contributed by atoms with E-state index in [1.807, 2.05) is 6.92 Å². The number of hydrogen-bond donors (Lipinski definition) is 2. The zero-order valence-corrected chi connectivity index (χ0v) is 10.6. The van der Waals surface area contributed by atoms with Crippen LogP contribution in [0.4, 0.5) is 0 Å². The quantitative estimate of drug-likeness (QED) is 0.591. The molecule has 2 unspecified atom stereocenters. The Morgan fingerprint density at radius 3 is 2.83 bits per heavy atom. The van der Waals surface area contributed by atoms with Gasteiger partial charge in [-0.2, -0.15) is 0 Å². The summed E-state index contributed by atoms with van der Waals surface area (Å²) in [6.45, 7) is 3.98. The second-order valence-corrected chi connectivity index (χ2v) is 4.13. The van der Waals surface area contributed by atoms with E-state index in [2.05, 4.69) is 5.32 Å². The summed E-state index contributed by atoms with van der Waals surface area (Å²) in [6.07, 6.45) is -0.301. The summed E-state index contributed by atoms with van der Waals surface area (Å²) in [5.74, 6) is -1.22. The molecule has 0 spiro atoms. The summed E-state index contributed by atoms with van der Waals surface area (Å²) in [7, 11) is 0. The SMILES string of the molecule is CCOC(CN)CC(=O)N1CC(=O)NC(=O)C1C. The molecule has 0 aromatic rings. The van der Waals surface area contributed by atoms with Gasteiger partial charge in [0.25, 0.3) is 0 Å². The minimum absolute atomic E-state index is 0.0786. The summed E-state index contributed by atoms with van der Waals surface area (Å²) >= 11 is 0. The average Bonchev–Trinajstić information content (AvgIpc) is 2.32. The van der Waals surface area contributed by atoms with Crippen molar-refractivity contribution in [3.05, 3.63) is 0 Å². The summed E-state index contributed by atoms with van der Waals surface area (Å²) in [5, 5.41) is 2.18. The number of carbonyl (C=O) groups is 3. The Kier molecular flexibility index (Phi) is 5.24. The van der Waals surface area contributed by atoms with Gasteiger partial charge >= 0.3 is 0 Å². The number of amides is 3. The van der Waals surface area contributed by atoms with E-state index in [0.29, 0.717) is 6.61 Å². The maximum absolute atomic E-state index is 12.0. The lowest BCUT2D eigenvalue weighted by Gasteiger charge is -2.32. The topological polar surface area (TPSA) is 102 Å². The molecule has 2 atom stereocenters. The molecule has 1 fully saturated rings. The lowest BCUT2D eigenvalue weighted by molar-refractivity contribution is -0.150. The molecule has 0 aromatic carbocycles. The highest BCUT2D eigenvalue weighted by molar-refractivity contribution is 6.04. The number of nitrogens with zero attached hydrogens (tertiary/aromatic N) is 1. The first kappa shape index (κ1) is 14.6. The van der Waals surface area contributed by atoms with E-state index in [1.165, 1.54) is 4.90 Å². The Morgan fingerprint density at radius 1 is 1.61 bits per heavy atom. The van der Waals surface area contributed by atoms with E-state index in [9.17, 15) is 14.4 Å². The molecule has 1 saturated heterocycles. The van der Waals surface area contributed by atoms with Gasteiger partial charge in [0.05, 0.1) is 12.5 Å². The van der Waals surface area contributed by atoms with Crippen LogP contribution in [0.25, 0.3) is 0 Å². The number of nitrogens with one attached hydrogen (secondary N) is 1.